The molecule has 2 heteroatoms. The molecule has 2 fully saturated rings. The summed E-state index contributed by atoms with van der Waals surface area (Å²) in [6.07, 6.45) is 11.9. The van der Waals surface area contributed by atoms with E-state index in [4.69, 9.17) is 0 Å². The van der Waals surface area contributed by atoms with Gasteiger partial charge in [0.2, 0.25) is 0 Å². The Bertz CT molecular complexity index is 251. The molecule has 2 aliphatic carbocycles. The van der Waals surface area contributed by atoms with Crippen LogP contribution in [0.25, 0.3) is 0 Å². The van der Waals surface area contributed by atoms with Crippen LogP contribution in [0.2, 0.25) is 0 Å². The standard InChI is InChI=1S/C16H31NO/c1-3-10-16(2,18)12-17-15-9-8-13-6-4-5-7-14(13)11-15/h13-15,17-18H,3-12H2,1-2H3. The van der Waals surface area contributed by atoms with Gasteiger partial charge in [-0.15, -0.1) is 0 Å². The lowest BCUT2D eigenvalue weighted by Crippen LogP contribution is -2.45. The highest BCUT2D eigenvalue weighted by Crippen LogP contribution is 2.40. The van der Waals surface area contributed by atoms with E-state index in [1.807, 2.05) is 6.92 Å². The minimum Gasteiger partial charge on any atom is -0.389 e. The number of hydrogen-bond acceptors (Lipinski definition) is 2. The smallest absolute Gasteiger partial charge is 0.0743 e. The van der Waals surface area contributed by atoms with E-state index in [-0.39, 0.29) is 0 Å². The fraction of sp³-hybridized carbons (Fsp3) is 1.00. The van der Waals surface area contributed by atoms with E-state index in [1.165, 1.54) is 44.9 Å². The van der Waals surface area contributed by atoms with Crippen molar-refractivity contribution in [3.63, 3.8) is 0 Å². The van der Waals surface area contributed by atoms with Crippen LogP contribution in [0, 0.1) is 11.8 Å². The fourth-order valence-electron chi connectivity index (χ4n) is 4.05. The van der Waals surface area contributed by atoms with Gasteiger partial charge in [0.05, 0.1) is 5.60 Å². The molecule has 18 heavy (non-hydrogen) atoms. The Kier molecular flexibility index (Phi) is 5.08. The molecule has 0 bridgehead atoms. The molecular formula is C16H31NO. The summed E-state index contributed by atoms with van der Waals surface area (Å²) in [7, 11) is 0. The number of rotatable bonds is 5. The summed E-state index contributed by atoms with van der Waals surface area (Å²) >= 11 is 0. The Hall–Kier alpha value is -0.0800. The van der Waals surface area contributed by atoms with Crippen LogP contribution in [0.5, 0.6) is 0 Å². The zero-order chi connectivity index (χ0) is 13.0. The molecule has 0 amide bonds. The van der Waals surface area contributed by atoms with Crippen molar-refractivity contribution in [2.75, 3.05) is 6.54 Å². The Labute approximate surface area is 113 Å². The van der Waals surface area contributed by atoms with Gasteiger partial charge in [-0.2, -0.15) is 0 Å². The number of aliphatic hydroxyl groups is 1. The van der Waals surface area contributed by atoms with Gasteiger partial charge in [-0.05, 0) is 44.4 Å². The summed E-state index contributed by atoms with van der Waals surface area (Å²) in [6.45, 7) is 4.88. The van der Waals surface area contributed by atoms with Gasteiger partial charge in [0.25, 0.3) is 0 Å². The average Bonchev–Trinajstić information content (AvgIpc) is 2.36. The summed E-state index contributed by atoms with van der Waals surface area (Å²) < 4.78 is 0. The van der Waals surface area contributed by atoms with Crippen LogP contribution >= 0.6 is 0 Å². The van der Waals surface area contributed by atoms with E-state index in [1.54, 1.807) is 0 Å². The second-order valence-electron chi connectivity index (χ2n) is 6.94. The molecule has 0 spiro atoms. The molecule has 2 rings (SSSR count). The topological polar surface area (TPSA) is 32.3 Å². The lowest BCUT2D eigenvalue weighted by molar-refractivity contribution is 0.0412. The summed E-state index contributed by atoms with van der Waals surface area (Å²) in [5.74, 6) is 1.99. The van der Waals surface area contributed by atoms with Crippen LogP contribution in [-0.4, -0.2) is 23.3 Å². The highest BCUT2D eigenvalue weighted by Gasteiger charge is 2.32. The highest BCUT2D eigenvalue weighted by molar-refractivity contribution is 4.87. The molecule has 0 aromatic heterocycles. The van der Waals surface area contributed by atoms with Crippen LogP contribution in [0.4, 0.5) is 0 Å². The van der Waals surface area contributed by atoms with Gasteiger partial charge in [0.15, 0.2) is 0 Å². The van der Waals surface area contributed by atoms with E-state index < -0.39 is 5.60 Å². The average molecular weight is 253 g/mol. The van der Waals surface area contributed by atoms with Crippen LogP contribution < -0.4 is 5.32 Å². The van der Waals surface area contributed by atoms with Crippen molar-refractivity contribution in [1.29, 1.82) is 0 Å². The van der Waals surface area contributed by atoms with E-state index in [0.717, 1.165) is 31.2 Å². The third-order valence-electron chi connectivity index (χ3n) is 5.10. The number of fused-ring (bicyclic) bond motifs is 1. The predicted molar refractivity (Wildman–Crippen MR) is 76.6 cm³/mol. The first-order valence-corrected chi connectivity index (χ1v) is 8.06. The maximum atomic E-state index is 10.2. The van der Waals surface area contributed by atoms with Gasteiger partial charge in [0, 0.05) is 12.6 Å². The molecule has 106 valence electrons. The van der Waals surface area contributed by atoms with Crippen LogP contribution in [0.3, 0.4) is 0 Å². The third-order valence-corrected chi connectivity index (χ3v) is 5.10. The van der Waals surface area contributed by atoms with Crippen molar-refractivity contribution in [3.8, 4) is 0 Å². The molecule has 2 N–H and O–H groups in total. The van der Waals surface area contributed by atoms with Crippen LogP contribution in [-0.2, 0) is 0 Å². The van der Waals surface area contributed by atoms with Gasteiger partial charge in [-0.1, -0.05) is 39.0 Å². The lowest BCUT2D eigenvalue weighted by atomic mass is 9.69. The molecule has 0 radical (unpaired) electrons. The quantitative estimate of drug-likeness (QED) is 0.786. The van der Waals surface area contributed by atoms with E-state index >= 15 is 0 Å². The maximum Gasteiger partial charge on any atom is 0.0743 e. The minimum absolute atomic E-state index is 0.516. The molecule has 2 aliphatic rings. The van der Waals surface area contributed by atoms with Crippen molar-refractivity contribution < 1.29 is 5.11 Å². The van der Waals surface area contributed by atoms with Crippen molar-refractivity contribution in [2.45, 2.75) is 83.3 Å². The summed E-state index contributed by atoms with van der Waals surface area (Å²) in [4.78, 5) is 0. The highest BCUT2D eigenvalue weighted by atomic mass is 16.3. The second-order valence-corrected chi connectivity index (χ2v) is 6.94. The normalized spacial score (nSPS) is 35.8. The first-order valence-electron chi connectivity index (χ1n) is 8.06. The van der Waals surface area contributed by atoms with E-state index in [0.29, 0.717) is 6.04 Å². The molecule has 2 nitrogen and oxygen atoms in total. The summed E-state index contributed by atoms with van der Waals surface area (Å²) in [6, 6.07) is 0.660. The van der Waals surface area contributed by atoms with Crippen molar-refractivity contribution in [3.05, 3.63) is 0 Å². The third kappa shape index (κ3) is 3.96. The number of hydrogen-bond donors (Lipinski definition) is 2. The molecule has 0 aliphatic heterocycles. The molecule has 0 saturated heterocycles. The molecule has 0 aromatic rings. The fourth-order valence-corrected chi connectivity index (χ4v) is 4.05. The van der Waals surface area contributed by atoms with Gasteiger partial charge in [0.1, 0.15) is 0 Å². The molecule has 4 unspecified atom stereocenters. The predicted octanol–water partition coefficient (Wildman–Crippen LogP) is 3.49. The molecule has 2 saturated carbocycles. The minimum atomic E-state index is -0.516. The molecular weight excluding hydrogens is 222 g/mol. The lowest BCUT2D eigenvalue weighted by Gasteiger charge is -2.40. The summed E-state index contributed by atoms with van der Waals surface area (Å²) in [5.41, 5.74) is -0.516. The second kappa shape index (κ2) is 6.38. The van der Waals surface area contributed by atoms with E-state index in [2.05, 4.69) is 12.2 Å². The molecule has 4 atom stereocenters. The SMILES string of the molecule is CCCC(C)(O)CNC1CCC2CCCCC2C1. The number of nitrogens with one attached hydrogen (secondary N) is 1. The Balaban J connectivity index is 1.74. The molecule has 0 aromatic carbocycles. The summed E-state index contributed by atoms with van der Waals surface area (Å²) in [5, 5.41) is 13.8. The largest absolute Gasteiger partial charge is 0.389 e. The van der Waals surface area contributed by atoms with Crippen LogP contribution in [0.15, 0.2) is 0 Å². The maximum absolute atomic E-state index is 10.2. The van der Waals surface area contributed by atoms with Gasteiger partial charge in [-0.3, -0.25) is 0 Å². The van der Waals surface area contributed by atoms with Gasteiger partial charge < -0.3 is 10.4 Å². The van der Waals surface area contributed by atoms with Gasteiger partial charge in [-0.25, -0.2) is 0 Å². The van der Waals surface area contributed by atoms with Crippen LogP contribution in [0.1, 0.15) is 71.6 Å². The zero-order valence-electron chi connectivity index (χ0n) is 12.3. The zero-order valence-corrected chi connectivity index (χ0v) is 12.3. The Morgan fingerprint density at radius 1 is 1.11 bits per heavy atom. The first-order chi connectivity index (χ1) is 8.61. The van der Waals surface area contributed by atoms with Crippen molar-refractivity contribution in [1.82, 2.24) is 5.32 Å². The Morgan fingerprint density at radius 3 is 2.56 bits per heavy atom. The van der Waals surface area contributed by atoms with Crippen molar-refractivity contribution in [2.24, 2.45) is 11.8 Å². The Morgan fingerprint density at radius 2 is 1.83 bits per heavy atom. The van der Waals surface area contributed by atoms with Crippen molar-refractivity contribution >= 4 is 0 Å². The van der Waals surface area contributed by atoms with E-state index in [9.17, 15) is 5.11 Å². The van der Waals surface area contributed by atoms with Gasteiger partial charge >= 0.3 is 0 Å². The monoisotopic (exact) mass is 253 g/mol. The molecule has 0 heterocycles. The first kappa shape index (κ1) is 14.3.